The number of phenols is 1. The van der Waals surface area contributed by atoms with Gasteiger partial charge >= 0.3 is 0 Å². The number of hydrogen-bond donors (Lipinski definition) is 3. The molecule has 1 aromatic carbocycles. The predicted molar refractivity (Wildman–Crippen MR) is 109 cm³/mol. The van der Waals surface area contributed by atoms with Crippen LogP contribution < -0.4 is 10.6 Å². The Bertz CT molecular complexity index is 540. The average Bonchev–Trinajstić information content (AvgIpc) is 3.39. The smallest absolute Gasteiger partial charge is 0.191 e. The van der Waals surface area contributed by atoms with Crippen molar-refractivity contribution in [2.45, 2.75) is 51.2 Å². The maximum absolute atomic E-state index is 9.53. The summed E-state index contributed by atoms with van der Waals surface area (Å²) in [4.78, 5) is 7.29. The molecule has 1 saturated heterocycles. The summed E-state index contributed by atoms with van der Waals surface area (Å²) >= 11 is 0. The number of rotatable bonds is 5. The Morgan fingerprint density at radius 3 is 2.62 bits per heavy atom. The van der Waals surface area contributed by atoms with Gasteiger partial charge in [0.25, 0.3) is 0 Å². The Morgan fingerprint density at radius 2 is 2.00 bits per heavy atom. The highest BCUT2D eigenvalue weighted by atomic mass is 127. The second-order valence-corrected chi connectivity index (χ2v) is 6.55. The molecule has 2 aliphatic rings. The second kappa shape index (κ2) is 9.46. The molecular weight excluding hydrogens is 415 g/mol. The van der Waals surface area contributed by atoms with E-state index in [0.717, 1.165) is 24.1 Å². The number of benzene rings is 1. The molecule has 1 saturated carbocycles. The minimum absolute atomic E-state index is 0. The molecule has 0 amide bonds. The van der Waals surface area contributed by atoms with E-state index in [9.17, 15) is 5.11 Å². The van der Waals surface area contributed by atoms with Crippen molar-refractivity contribution in [2.75, 3.05) is 19.6 Å². The van der Waals surface area contributed by atoms with Gasteiger partial charge < -0.3 is 20.6 Å². The lowest BCUT2D eigenvalue weighted by atomic mass is 10.1. The van der Waals surface area contributed by atoms with Crippen LogP contribution in [0.25, 0.3) is 0 Å². The summed E-state index contributed by atoms with van der Waals surface area (Å²) in [6, 6.07) is 8.68. The largest absolute Gasteiger partial charge is 0.508 e. The van der Waals surface area contributed by atoms with E-state index in [0.29, 0.717) is 18.3 Å². The predicted octanol–water partition coefficient (Wildman–Crippen LogP) is 2.69. The summed E-state index contributed by atoms with van der Waals surface area (Å²) < 4.78 is 0. The Kier molecular flexibility index (Phi) is 7.61. The number of guanidine groups is 1. The number of nitrogens with one attached hydrogen (secondary N) is 2. The number of piperidine rings is 1. The standard InChI is InChI=1S/C18H28N4O.HI/c1-2-19-18(20-13-14-4-3-5-17(23)12-14)21-15-8-10-22(11-9-15)16-6-7-16;/h3-5,12,15-16,23H,2,6-11,13H2,1H3,(H2,19,20,21);1H. The van der Waals surface area contributed by atoms with Gasteiger partial charge in [0.05, 0.1) is 6.54 Å². The minimum Gasteiger partial charge on any atom is -0.508 e. The van der Waals surface area contributed by atoms with E-state index in [4.69, 9.17) is 0 Å². The molecule has 1 heterocycles. The van der Waals surface area contributed by atoms with Gasteiger partial charge in [0, 0.05) is 31.7 Å². The van der Waals surface area contributed by atoms with Gasteiger partial charge in [-0.3, -0.25) is 0 Å². The fraction of sp³-hybridized carbons (Fsp3) is 0.611. The Labute approximate surface area is 161 Å². The third kappa shape index (κ3) is 5.81. The topological polar surface area (TPSA) is 59.9 Å². The molecule has 3 rings (SSSR count). The monoisotopic (exact) mass is 444 g/mol. The Morgan fingerprint density at radius 1 is 1.25 bits per heavy atom. The van der Waals surface area contributed by atoms with Gasteiger partial charge in [-0.05, 0) is 50.3 Å². The highest BCUT2D eigenvalue weighted by Gasteiger charge is 2.31. The first-order chi connectivity index (χ1) is 11.2. The summed E-state index contributed by atoms with van der Waals surface area (Å²) in [5, 5.41) is 16.4. The third-order valence-corrected chi connectivity index (χ3v) is 4.61. The maximum Gasteiger partial charge on any atom is 0.191 e. The van der Waals surface area contributed by atoms with Crippen molar-refractivity contribution in [1.82, 2.24) is 15.5 Å². The van der Waals surface area contributed by atoms with Gasteiger partial charge in [-0.25, -0.2) is 4.99 Å². The number of phenolic OH excluding ortho intramolecular Hbond substituents is 1. The van der Waals surface area contributed by atoms with E-state index in [2.05, 4.69) is 27.4 Å². The number of nitrogens with zero attached hydrogens (tertiary/aromatic N) is 2. The van der Waals surface area contributed by atoms with Gasteiger partial charge in [0.15, 0.2) is 5.96 Å². The zero-order chi connectivity index (χ0) is 16.1. The molecule has 0 aromatic heterocycles. The number of likely N-dealkylation sites (tertiary alicyclic amines) is 1. The van der Waals surface area contributed by atoms with Gasteiger partial charge in [0.1, 0.15) is 5.75 Å². The molecule has 0 radical (unpaired) electrons. The first kappa shape index (κ1) is 19.3. The molecule has 0 spiro atoms. The molecule has 0 atom stereocenters. The maximum atomic E-state index is 9.53. The van der Waals surface area contributed by atoms with Crippen LogP contribution in [0.15, 0.2) is 29.3 Å². The van der Waals surface area contributed by atoms with E-state index < -0.39 is 0 Å². The van der Waals surface area contributed by atoms with E-state index in [-0.39, 0.29) is 24.0 Å². The van der Waals surface area contributed by atoms with Gasteiger partial charge in [-0.15, -0.1) is 24.0 Å². The van der Waals surface area contributed by atoms with E-state index in [1.165, 1.54) is 38.8 Å². The van der Waals surface area contributed by atoms with Crippen molar-refractivity contribution in [3.8, 4) is 5.75 Å². The third-order valence-electron chi connectivity index (χ3n) is 4.61. The lowest BCUT2D eigenvalue weighted by Crippen LogP contribution is -2.49. The van der Waals surface area contributed by atoms with Crippen LogP contribution in [0.5, 0.6) is 5.75 Å². The highest BCUT2D eigenvalue weighted by molar-refractivity contribution is 14.0. The number of aliphatic imine (C=N–C) groups is 1. The SMILES string of the molecule is CCNC(=NCc1cccc(O)c1)NC1CCN(C2CC2)CC1.I. The van der Waals surface area contributed by atoms with Crippen molar-refractivity contribution in [3.05, 3.63) is 29.8 Å². The zero-order valence-electron chi connectivity index (χ0n) is 14.4. The summed E-state index contributed by atoms with van der Waals surface area (Å²) in [6.07, 6.45) is 5.16. The highest BCUT2D eigenvalue weighted by Crippen LogP contribution is 2.29. The fourth-order valence-electron chi connectivity index (χ4n) is 3.19. The summed E-state index contributed by atoms with van der Waals surface area (Å²) in [6.45, 7) is 5.92. The molecule has 0 unspecified atom stereocenters. The molecule has 1 aliphatic carbocycles. The van der Waals surface area contributed by atoms with Crippen molar-refractivity contribution in [3.63, 3.8) is 0 Å². The number of halogens is 1. The van der Waals surface area contributed by atoms with Crippen LogP contribution in [0.4, 0.5) is 0 Å². The van der Waals surface area contributed by atoms with Crippen LogP contribution in [-0.2, 0) is 6.54 Å². The lowest BCUT2D eigenvalue weighted by Gasteiger charge is -2.33. The number of hydrogen-bond acceptors (Lipinski definition) is 3. The van der Waals surface area contributed by atoms with Gasteiger partial charge in [0.2, 0.25) is 0 Å². The quantitative estimate of drug-likeness (QED) is 0.372. The van der Waals surface area contributed by atoms with Gasteiger partial charge in [-0.2, -0.15) is 0 Å². The normalized spacial score (nSPS) is 19.6. The lowest BCUT2D eigenvalue weighted by molar-refractivity contribution is 0.197. The molecule has 5 nitrogen and oxygen atoms in total. The van der Waals surface area contributed by atoms with Crippen LogP contribution in [0.2, 0.25) is 0 Å². The first-order valence-electron chi connectivity index (χ1n) is 8.81. The molecule has 2 fully saturated rings. The van der Waals surface area contributed by atoms with Crippen LogP contribution in [0.3, 0.4) is 0 Å². The number of aromatic hydroxyl groups is 1. The molecule has 0 bridgehead atoms. The molecule has 1 aromatic rings. The zero-order valence-corrected chi connectivity index (χ0v) is 16.7. The minimum atomic E-state index is 0. The van der Waals surface area contributed by atoms with Crippen LogP contribution in [0, 0.1) is 0 Å². The van der Waals surface area contributed by atoms with Crippen LogP contribution in [0.1, 0.15) is 38.2 Å². The van der Waals surface area contributed by atoms with E-state index >= 15 is 0 Å². The summed E-state index contributed by atoms with van der Waals surface area (Å²) in [5.41, 5.74) is 1.02. The summed E-state index contributed by atoms with van der Waals surface area (Å²) in [7, 11) is 0. The molecule has 134 valence electrons. The summed E-state index contributed by atoms with van der Waals surface area (Å²) in [5.74, 6) is 1.17. The fourth-order valence-corrected chi connectivity index (χ4v) is 3.19. The average molecular weight is 444 g/mol. The molecule has 1 aliphatic heterocycles. The molecule has 24 heavy (non-hydrogen) atoms. The first-order valence-corrected chi connectivity index (χ1v) is 8.81. The van der Waals surface area contributed by atoms with Crippen molar-refractivity contribution in [2.24, 2.45) is 4.99 Å². The Balaban J connectivity index is 0.00000208. The Hall–Kier alpha value is -1.02. The van der Waals surface area contributed by atoms with Gasteiger partial charge in [-0.1, -0.05) is 12.1 Å². The van der Waals surface area contributed by atoms with Crippen molar-refractivity contribution < 1.29 is 5.11 Å². The molecule has 6 heteroatoms. The van der Waals surface area contributed by atoms with Crippen LogP contribution >= 0.6 is 24.0 Å². The van der Waals surface area contributed by atoms with E-state index in [1.54, 1.807) is 12.1 Å². The van der Waals surface area contributed by atoms with Crippen LogP contribution in [-0.4, -0.2) is 47.7 Å². The molecule has 3 N–H and O–H groups in total. The van der Waals surface area contributed by atoms with Crippen molar-refractivity contribution in [1.29, 1.82) is 0 Å². The van der Waals surface area contributed by atoms with E-state index in [1.807, 2.05) is 12.1 Å². The second-order valence-electron chi connectivity index (χ2n) is 6.55. The molecular formula is C18H29IN4O. The van der Waals surface area contributed by atoms with Crippen molar-refractivity contribution >= 4 is 29.9 Å².